The monoisotopic (exact) mass is 606 g/mol. The van der Waals surface area contributed by atoms with Gasteiger partial charge in [-0.05, 0) is 51.0 Å². The molecule has 0 N–H and O–H groups in total. The molecule has 0 saturated heterocycles. The van der Waals surface area contributed by atoms with E-state index in [0.29, 0.717) is 12.8 Å². The number of halogens is 4. The predicted molar refractivity (Wildman–Crippen MR) is 144 cm³/mol. The van der Waals surface area contributed by atoms with Gasteiger partial charge in [-0.15, -0.1) is 46.4 Å². The molecule has 206 valence electrons. The topological polar surface area (TPSA) is 105 Å². The highest BCUT2D eigenvalue weighted by Gasteiger charge is 2.35. The van der Waals surface area contributed by atoms with Gasteiger partial charge in [0.05, 0.1) is 21.9 Å². The molecule has 6 atom stereocenters. The van der Waals surface area contributed by atoms with Crippen LogP contribution in [0.25, 0.3) is 0 Å². The van der Waals surface area contributed by atoms with E-state index in [0.717, 1.165) is 0 Å². The summed E-state index contributed by atoms with van der Waals surface area (Å²) in [4.78, 5) is 48.2. The number of allylic oxidation sites excluding steroid dienone is 4. The number of esters is 2. The molecule has 12 heteroatoms. The first-order valence-corrected chi connectivity index (χ1v) is 13.3. The standard InChI is InChI=1S/C26H26Cl4O8/c1-15(27)9-19(29)13-35-21-7-3-5-17(11-31)23(21)37-25(33)26(34)38-24-18(12-32)6-4-8-22(24)36-14-20(30)10-16(2)28/h3-8,15-16,19-20,23-24H,9-10,13-14H2,1-2H3. The van der Waals surface area contributed by atoms with Crippen LogP contribution in [-0.4, -0.2) is 70.8 Å². The van der Waals surface area contributed by atoms with Crippen LogP contribution in [0.4, 0.5) is 0 Å². The van der Waals surface area contributed by atoms with Crippen LogP contribution in [-0.2, 0) is 38.1 Å². The molecule has 38 heavy (non-hydrogen) atoms. The number of carbonyl (C=O) groups is 2. The van der Waals surface area contributed by atoms with Gasteiger partial charge in [-0.2, -0.15) is 0 Å². The Morgan fingerprint density at radius 1 is 0.763 bits per heavy atom. The van der Waals surface area contributed by atoms with E-state index in [1.807, 2.05) is 0 Å². The quantitative estimate of drug-likeness (QED) is 0.138. The van der Waals surface area contributed by atoms with Gasteiger partial charge >= 0.3 is 11.9 Å². The third kappa shape index (κ3) is 10.0. The van der Waals surface area contributed by atoms with Crippen molar-refractivity contribution in [3.05, 3.63) is 59.1 Å². The average molecular weight is 608 g/mol. The second-order valence-corrected chi connectivity index (χ2v) is 11.1. The van der Waals surface area contributed by atoms with E-state index >= 15 is 0 Å². The molecule has 0 aromatic rings. The number of carbonyl (C=O) groups excluding carboxylic acids is 4. The summed E-state index contributed by atoms with van der Waals surface area (Å²) in [5, 5.41) is -1.32. The molecule has 8 nitrogen and oxygen atoms in total. The van der Waals surface area contributed by atoms with Crippen molar-refractivity contribution < 1.29 is 38.1 Å². The van der Waals surface area contributed by atoms with E-state index in [9.17, 15) is 19.2 Å². The maximum Gasteiger partial charge on any atom is 0.418 e. The molecule has 0 aromatic heterocycles. The van der Waals surface area contributed by atoms with Gasteiger partial charge in [0, 0.05) is 10.8 Å². The van der Waals surface area contributed by atoms with Crippen molar-refractivity contribution in [3.8, 4) is 0 Å². The molecular weight excluding hydrogens is 582 g/mol. The lowest BCUT2D eigenvalue weighted by atomic mass is 10.0. The Morgan fingerprint density at radius 2 is 1.13 bits per heavy atom. The van der Waals surface area contributed by atoms with Gasteiger partial charge in [-0.1, -0.05) is 12.2 Å². The van der Waals surface area contributed by atoms with Crippen molar-refractivity contribution in [2.45, 2.75) is 60.4 Å². The predicted octanol–water partition coefficient (Wildman–Crippen LogP) is 4.52. The van der Waals surface area contributed by atoms with Crippen LogP contribution in [0.3, 0.4) is 0 Å². The Hall–Kier alpha value is -2.44. The van der Waals surface area contributed by atoms with Crippen LogP contribution < -0.4 is 0 Å². The molecule has 2 rings (SSSR count). The van der Waals surface area contributed by atoms with Gasteiger partial charge < -0.3 is 18.9 Å². The normalized spacial score (nSPS) is 21.6. The second kappa shape index (κ2) is 15.8. The number of hydrogen-bond acceptors (Lipinski definition) is 8. The van der Waals surface area contributed by atoms with Gasteiger partial charge in [0.25, 0.3) is 0 Å². The highest BCUT2D eigenvalue weighted by Crippen LogP contribution is 2.26. The molecule has 0 spiro atoms. The van der Waals surface area contributed by atoms with Crippen molar-refractivity contribution >= 4 is 70.2 Å². The number of ether oxygens (including phenoxy) is 4. The van der Waals surface area contributed by atoms with E-state index in [-0.39, 0.29) is 46.6 Å². The smallest absolute Gasteiger partial charge is 0.418 e. The van der Waals surface area contributed by atoms with Crippen molar-refractivity contribution in [2.75, 3.05) is 13.2 Å². The van der Waals surface area contributed by atoms with Crippen LogP contribution in [0.2, 0.25) is 0 Å². The summed E-state index contributed by atoms with van der Waals surface area (Å²) in [5.74, 6) is 0.518. The molecule has 0 fully saturated rings. The van der Waals surface area contributed by atoms with Gasteiger partial charge in [-0.3, -0.25) is 0 Å². The fraction of sp³-hybridized carbons (Fsp3) is 0.462. The summed E-state index contributed by atoms with van der Waals surface area (Å²) in [6.07, 6.45) is 6.72. The number of hydrogen-bond donors (Lipinski definition) is 0. The Labute approximate surface area is 240 Å². The van der Waals surface area contributed by atoms with Crippen LogP contribution >= 0.6 is 46.4 Å². The summed E-state index contributed by atoms with van der Waals surface area (Å²) in [6, 6.07) is 0. The fourth-order valence-electron chi connectivity index (χ4n) is 3.34. The third-order valence-electron chi connectivity index (χ3n) is 5.03. The summed E-state index contributed by atoms with van der Waals surface area (Å²) in [5.41, 5.74) is -0.194. The Morgan fingerprint density at radius 3 is 1.45 bits per heavy atom. The summed E-state index contributed by atoms with van der Waals surface area (Å²) in [7, 11) is 0. The molecule has 0 aromatic carbocycles. The first-order chi connectivity index (χ1) is 18.0. The minimum Gasteiger partial charge on any atom is -0.492 e. The van der Waals surface area contributed by atoms with E-state index < -0.39 is 34.9 Å². The summed E-state index contributed by atoms with van der Waals surface area (Å²) >= 11 is 24.3. The van der Waals surface area contributed by atoms with Gasteiger partial charge in [0.2, 0.25) is 0 Å². The number of rotatable bonds is 12. The molecule has 0 bridgehead atoms. The average Bonchev–Trinajstić information content (AvgIpc) is 2.86. The van der Waals surface area contributed by atoms with E-state index in [4.69, 9.17) is 65.4 Å². The third-order valence-corrected chi connectivity index (χ3v) is 5.99. The summed E-state index contributed by atoms with van der Waals surface area (Å²) < 4.78 is 21.7. The molecule has 6 unspecified atom stereocenters. The molecule has 0 amide bonds. The first-order valence-electron chi connectivity index (χ1n) is 11.6. The Kier molecular flexibility index (Phi) is 13.3. The second-order valence-electron chi connectivity index (χ2n) is 8.39. The van der Waals surface area contributed by atoms with Gasteiger partial charge in [0.1, 0.15) is 36.6 Å². The van der Waals surface area contributed by atoms with Crippen LogP contribution in [0, 0.1) is 0 Å². The first kappa shape index (κ1) is 31.8. The minimum atomic E-state index is -1.45. The lowest BCUT2D eigenvalue weighted by molar-refractivity contribution is -0.171. The molecule has 0 radical (unpaired) electrons. The zero-order chi connectivity index (χ0) is 28.2. The molecule has 0 heterocycles. The van der Waals surface area contributed by atoms with Crippen LogP contribution in [0.1, 0.15) is 26.7 Å². The lowest BCUT2D eigenvalue weighted by Gasteiger charge is -2.25. The zero-order valence-corrected chi connectivity index (χ0v) is 23.6. The molecule has 2 aliphatic carbocycles. The maximum absolute atomic E-state index is 12.7. The van der Waals surface area contributed by atoms with Crippen molar-refractivity contribution in [3.63, 3.8) is 0 Å². The van der Waals surface area contributed by atoms with Crippen molar-refractivity contribution in [2.24, 2.45) is 0 Å². The van der Waals surface area contributed by atoms with E-state index in [1.165, 1.54) is 36.5 Å². The van der Waals surface area contributed by atoms with Crippen molar-refractivity contribution in [1.82, 2.24) is 0 Å². The lowest BCUT2D eigenvalue weighted by Crippen LogP contribution is -2.34. The van der Waals surface area contributed by atoms with E-state index in [1.54, 1.807) is 25.7 Å². The number of alkyl halides is 4. The van der Waals surface area contributed by atoms with Gasteiger partial charge in [0.15, 0.2) is 12.2 Å². The molecule has 2 aliphatic rings. The Balaban J connectivity index is 2.09. The molecular formula is C26H26Cl4O8. The van der Waals surface area contributed by atoms with Crippen LogP contribution in [0.15, 0.2) is 59.1 Å². The molecule has 0 saturated carbocycles. The minimum absolute atomic E-state index is 0.000374. The Bertz CT molecular complexity index is 1010. The highest BCUT2D eigenvalue weighted by molar-refractivity contribution is 6.30. The van der Waals surface area contributed by atoms with Crippen LogP contribution in [0.5, 0.6) is 0 Å². The SMILES string of the molecule is CC(Cl)CC(Cl)COC1=CC=CC(=C=O)C1OC(=O)C(=O)OC1C(=C=O)C=CC=C1OCC(Cl)CC(C)Cl. The maximum atomic E-state index is 12.7. The van der Waals surface area contributed by atoms with E-state index in [2.05, 4.69) is 0 Å². The fourth-order valence-corrected chi connectivity index (χ4v) is 4.61. The molecule has 0 aliphatic heterocycles. The van der Waals surface area contributed by atoms with Crippen molar-refractivity contribution in [1.29, 1.82) is 0 Å². The highest BCUT2D eigenvalue weighted by atomic mass is 35.5. The largest absolute Gasteiger partial charge is 0.492 e. The van der Waals surface area contributed by atoms with Gasteiger partial charge in [-0.25, -0.2) is 19.2 Å². The summed E-state index contributed by atoms with van der Waals surface area (Å²) in [6.45, 7) is 3.55. The zero-order valence-electron chi connectivity index (χ0n) is 20.5.